The van der Waals surface area contributed by atoms with Crippen molar-refractivity contribution < 1.29 is 17.9 Å². The van der Waals surface area contributed by atoms with Crippen LogP contribution in [0.5, 0.6) is 5.75 Å². The van der Waals surface area contributed by atoms with Gasteiger partial charge in [-0.25, -0.2) is 17.9 Å². The number of methoxy groups -OCH3 is 1. The van der Waals surface area contributed by atoms with Gasteiger partial charge in [0.25, 0.3) is 10.0 Å². The van der Waals surface area contributed by atoms with Gasteiger partial charge in [0, 0.05) is 16.2 Å². The summed E-state index contributed by atoms with van der Waals surface area (Å²) in [5.41, 5.74) is 5.88. The van der Waals surface area contributed by atoms with Gasteiger partial charge in [-0.3, -0.25) is 0 Å². The number of ether oxygens (including phenoxy) is 1. The van der Waals surface area contributed by atoms with E-state index in [0.717, 1.165) is 0 Å². The number of rotatable bonds is 4. The van der Waals surface area contributed by atoms with E-state index in [1.54, 1.807) is 13.8 Å². The number of hydrogen-bond acceptors (Lipinski definition) is 5. The zero-order valence-corrected chi connectivity index (χ0v) is 13.6. The molecular weight excluding hydrogens is 350 g/mol. The fourth-order valence-corrected chi connectivity index (χ4v) is 2.81. The van der Waals surface area contributed by atoms with E-state index >= 15 is 0 Å². The molecule has 0 bridgehead atoms. The molecular formula is C11H16BrN3O4S. The Hall–Kier alpha value is -1.48. The molecule has 0 aliphatic rings. The van der Waals surface area contributed by atoms with Crippen LogP contribution < -0.4 is 20.5 Å². The number of benzene rings is 1. The Labute approximate surface area is 126 Å². The van der Waals surface area contributed by atoms with Crippen LogP contribution in [0.25, 0.3) is 0 Å². The first kappa shape index (κ1) is 16.6. The third-order valence-corrected chi connectivity index (χ3v) is 4.26. The molecule has 1 rings (SSSR count). The molecule has 0 aliphatic heterocycles. The summed E-state index contributed by atoms with van der Waals surface area (Å²) in [5.74, 6) is 0.0796. The predicted molar refractivity (Wildman–Crippen MR) is 79.1 cm³/mol. The van der Waals surface area contributed by atoms with E-state index in [4.69, 9.17) is 10.5 Å². The molecule has 4 N–H and O–H groups in total. The Balaban J connectivity index is 3.15. The minimum atomic E-state index is -4.08. The number of hydrogen-bond donors (Lipinski definition) is 3. The second-order valence-corrected chi connectivity index (χ2v) is 6.76. The molecule has 0 fully saturated rings. The summed E-state index contributed by atoms with van der Waals surface area (Å²) in [5, 5.41) is 2.42. The maximum atomic E-state index is 12.1. The minimum Gasteiger partial charge on any atom is -0.495 e. The topological polar surface area (TPSA) is 111 Å². The largest absolute Gasteiger partial charge is 0.495 e. The number of halogens is 1. The molecule has 112 valence electrons. The molecule has 7 nitrogen and oxygen atoms in total. The van der Waals surface area contributed by atoms with Gasteiger partial charge >= 0.3 is 6.03 Å². The van der Waals surface area contributed by atoms with Crippen molar-refractivity contribution in [2.75, 3.05) is 12.8 Å². The third kappa shape index (κ3) is 4.01. The van der Waals surface area contributed by atoms with Gasteiger partial charge in [-0.15, -0.1) is 0 Å². The smallest absolute Gasteiger partial charge is 0.328 e. The van der Waals surface area contributed by atoms with Crippen molar-refractivity contribution in [2.24, 2.45) is 0 Å². The van der Waals surface area contributed by atoms with Gasteiger partial charge < -0.3 is 15.8 Å². The molecule has 0 heterocycles. The normalized spacial score (nSPS) is 11.2. The summed E-state index contributed by atoms with van der Waals surface area (Å²) < 4.78 is 31.7. The molecule has 0 aliphatic carbocycles. The Morgan fingerprint density at radius 2 is 2.00 bits per heavy atom. The molecule has 0 unspecified atom stereocenters. The van der Waals surface area contributed by atoms with Crippen molar-refractivity contribution in [2.45, 2.75) is 24.8 Å². The van der Waals surface area contributed by atoms with E-state index in [1.165, 1.54) is 19.2 Å². The predicted octanol–water partition coefficient (Wildman–Crippen LogP) is 1.44. The quantitative estimate of drug-likeness (QED) is 0.699. The number of nitrogens with two attached hydrogens (primary N) is 1. The maximum Gasteiger partial charge on any atom is 0.328 e. The van der Waals surface area contributed by atoms with Gasteiger partial charge in [-0.05, 0) is 41.9 Å². The van der Waals surface area contributed by atoms with Crippen LogP contribution in [0, 0.1) is 0 Å². The first-order valence-electron chi connectivity index (χ1n) is 5.63. The summed E-state index contributed by atoms with van der Waals surface area (Å²) in [7, 11) is -2.75. The SMILES string of the molecule is COc1cc(Br)c(N)cc1S(=O)(=O)NC(=O)NC(C)C. The fourth-order valence-electron chi connectivity index (χ4n) is 1.39. The number of sulfonamides is 1. The van der Waals surface area contributed by atoms with Crippen LogP contribution in [0.15, 0.2) is 21.5 Å². The Morgan fingerprint density at radius 1 is 1.40 bits per heavy atom. The summed E-state index contributed by atoms with van der Waals surface area (Å²) in [6.07, 6.45) is 0. The lowest BCUT2D eigenvalue weighted by Crippen LogP contribution is -2.42. The van der Waals surface area contributed by atoms with Crippen LogP contribution in [0.4, 0.5) is 10.5 Å². The first-order valence-corrected chi connectivity index (χ1v) is 7.91. The summed E-state index contributed by atoms with van der Waals surface area (Å²) >= 11 is 3.17. The van der Waals surface area contributed by atoms with Crippen molar-refractivity contribution in [3.63, 3.8) is 0 Å². The van der Waals surface area contributed by atoms with Crippen LogP contribution in [-0.4, -0.2) is 27.6 Å². The molecule has 9 heteroatoms. The molecule has 0 saturated heterocycles. The first-order chi connectivity index (χ1) is 9.17. The van der Waals surface area contributed by atoms with Gasteiger partial charge in [-0.1, -0.05) is 0 Å². The fraction of sp³-hybridized carbons (Fsp3) is 0.364. The zero-order chi connectivity index (χ0) is 15.5. The van der Waals surface area contributed by atoms with Crippen LogP contribution in [-0.2, 0) is 10.0 Å². The molecule has 1 aromatic rings. The second-order valence-electron chi connectivity index (χ2n) is 4.26. The average Bonchev–Trinajstić information content (AvgIpc) is 2.29. The number of carbonyl (C=O) groups excluding carboxylic acids is 1. The Morgan fingerprint density at radius 3 is 2.50 bits per heavy atom. The van der Waals surface area contributed by atoms with Gasteiger partial charge in [-0.2, -0.15) is 0 Å². The molecule has 0 atom stereocenters. The Kier molecular flexibility index (Phi) is 5.23. The Bertz CT molecular complexity index is 616. The summed E-state index contributed by atoms with van der Waals surface area (Å²) in [4.78, 5) is 11.3. The van der Waals surface area contributed by atoms with Gasteiger partial charge in [0.2, 0.25) is 0 Å². The van der Waals surface area contributed by atoms with Gasteiger partial charge in [0.05, 0.1) is 7.11 Å². The highest BCUT2D eigenvalue weighted by Crippen LogP contribution is 2.32. The lowest BCUT2D eigenvalue weighted by Gasteiger charge is -2.14. The summed E-state index contributed by atoms with van der Waals surface area (Å²) in [6.45, 7) is 3.43. The second kappa shape index (κ2) is 6.31. The van der Waals surface area contributed by atoms with Crippen LogP contribution >= 0.6 is 15.9 Å². The van der Waals surface area contributed by atoms with E-state index in [1.807, 2.05) is 4.72 Å². The number of urea groups is 1. The number of amides is 2. The molecule has 0 spiro atoms. The average molecular weight is 366 g/mol. The lowest BCUT2D eigenvalue weighted by atomic mass is 10.3. The number of nitrogens with one attached hydrogen (secondary N) is 2. The van der Waals surface area contributed by atoms with Crippen molar-refractivity contribution >= 4 is 37.7 Å². The molecule has 2 amide bonds. The number of anilines is 1. The molecule has 0 aromatic heterocycles. The van der Waals surface area contributed by atoms with Crippen LogP contribution in [0.1, 0.15) is 13.8 Å². The van der Waals surface area contributed by atoms with E-state index in [-0.39, 0.29) is 22.4 Å². The molecule has 0 saturated carbocycles. The number of nitrogen functional groups attached to an aromatic ring is 1. The van der Waals surface area contributed by atoms with Crippen LogP contribution in [0.2, 0.25) is 0 Å². The van der Waals surface area contributed by atoms with Gasteiger partial charge in [0.1, 0.15) is 10.6 Å². The highest BCUT2D eigenvalue weighted by atomic mass is 79.9. The standard InChI is InChI=1S/C11H16BrN3O4S/c1-6(2)14-11(16)15-20(17,18)10-5-8(13)7(12)4-9(10)19-3/h4-6H,13H2,1-3H3,(H2,14,15,16). The molecule has 1 aromatic carbocycles. The van der Waals surface area contributed by atoms with Crippen molar-refractivity contribution in [1.29, 1.82) is 0 Å². The highest BCUT2D eigenvalue weighted by molar-refractivity contribution is 9.10. The lowest BCUT2D eigenvalue weighted by molar-refractivity contribution is 0.243. The number of carbonyl (C=O) groups is 1. The van der Waals surface area contributed by atoms with E-state index in [0.29, 0.717) is 4.47 Å². The third-order valence-electron chi connectivity index (χ3n) is 2.22. The summed E-state index contributed by atoms with van der Waals surface area (Å²) in [6, 6.07) is 1.63. The monoisotopic (exact) mass is 365 g/mol. The highest BCUT2D eigenvalue weighted by Gasteiger charge is 2.23. The molecule has 0 radical (unpaired) electrons. The minimum absolute atomic E-state index is 0.0796. The van der Waals surface area contributed by atoms with E-state index in [2.05, 4.69) is 21.2 Å². The maximum absolute atomic E-state index is 12.1. The van der Waals surface area contributed by atoms with E-state index in [9.17, 15) is 13.2 Å². The van der Waals surface area contributed by atoms with Crippen LogP contribution in [0.3, 0.4) is 0 Å². The van der Waals surface area contributed by atoms with E-state index < -0.39 is 16.1 Å². The van der Waals surface area contributed by atoms with Crippen molar-refractivity contribution in [3.8, 4) is 5.75 Å². The van der Waals surface area contributed by atoms with Crippen molar-refractivity contribution in [3.05, 3.63) is 16.6 Å². The van der Waals surface area contributed by atoms with Crippen molar-refractivity contribution in [1.82, 2.24) is 10.0 Å². The van der Waals surface area contributed by atoms with Gasteiger partial charge in [0.15, 0.2) is 0 Å². The zero-order valence-electron chi connectivity index (χ0n) is 11.2. The molecule has 20 heavy (non-hydrogen) atoms.